The highest BCUT2D eigenvalue weighted by molar-refractivity contribution is 5.67. The number of ether oxygens (including phenoxy) is 4. The van der Waals surface area contributed by atoms with Gasteiger partial charge in [-0.05, 0) is 43.1 Å². The highest BCUT2D eigenvalue weighted by Gasteiger charge is 2.40. The number of carbonyl (C=O) groups excluding carboxylic acids is 4. The molecule has 0 saturated carbocycles. The summed E-state index contributed by atoms with van der Waals surface area (Å²) < 4.78 is 21.7. The summed E-state index contributed by atoms with van der Waals surface area (Å²) in [5.74, 6) is -0.945. The maximum atomic E-state index is 11.8. The Hall–Kier alpha value is -2.64. The van der Waals surface area contributed by atoms with Crippen molar-refractivity contribution < 1.29 is 38.1 Å². The van der Waals surface area contributed by atoms with E-state index in [0.717, 1.165) is 19.3 Å². The molecular weight excluding hydrogens is 455 g/mol. The van der Waals surface area contributed by atoms with Crippen molar-refractivity contribution in [2.45, 2.75) is 91.5 Å². The van der Waals surface area contributed by atoms with Crippen LogP contribution < -0.4 is 0 Å². The lowest BCUT2D eigenvalue weighted by molar-refractivity contribution is -0.155. The Morgan fingerprint density at radius 2 is 1.65 bits per heavy atom. The summed E-state index contributed by atoms with van der Waals surface area (Å²) in [4.78, 5) is 46.2. The largest absolute Gasteiger partial charge is 0.466 e. The SMILES string of the molecule is CC(=O)O[C@H]1[13CH2]C[13CH]=C2[13CH]=C[13C@H](C)[C@H]([13CH2]C[13C@H](C[13C@H](C[13CH2][18O]C(C)=O)[18O]C(C)=O)[18O]C(C)=O)[13C@H]21. The molecule has 8 nitrogen and oxygen atoms in total. The van der Waals surface area contributed by atoms with Crippen LogP contribution in [0.15, 0.2) is 23.8 Å². The van der Waals surface area contributed by atoms with E-state index < -0.39 is 30.1 Å². The predicted molar refractivity (Wildman–Crippen MR) is 124 cm³/mol. The number of esters is 4. The van der Waals surface area contributed by atoms with Crippen LogP contribution in [-0.4, -0.2) is 48.8 Å². The number of carbonyl (C=O) groups is 4. The molecule has 0 heterocycles. The molecule has 0 fully saturated rings. The molecule has 0 unspecified atom stereocenters. The third kappa shape index (κ3) is 8.95. The number of hydrogen-bond acceptors (Lipinski definition) is 8. The first kappa shape index (κ1) is 27.6. The van der Waals surface area contributed by atoms with Gasteiger partial charge in [0, 0.05) is 46.5 Å². The molecule has 2 aliphatic rings. The minimum absolute atomic E-state index is 0.101. The Morgan fingerprint density at radius 3 is 2.24 bits per heavy atom. The first-order chi connectivity index (χ1) is 16.1. The Morgan fingerprint density at radius 1 is 1.00 bits per heavy atom. The van der Waals surface area contributed by atoms with Gasteiger partial charge in [-0.3, -0.25) is 19.2 Å². The Kier molecular flexibility index (Phi) is 10.8. The van der Waals surface area contributed by atoms with Crippen LogP contribution in [0, 0.1) is 17.8 Å². The van der Waals surface area contributed by atoms with E-state index in [-0.39, 0.29) is 36.4 Å². The number of fused-ring (bicyclic) bond motifs is 1. The maximum Gasteiger partial charge on any atom is 0.302 e. The highest BCUT2D eigenvalue weighted by atomic mass is 18.4. The fourth-order valence-electron chi connectivity index (χ4n) is 5.09. The second-order valence-corrected chi connectivity index (χ2v) is 9.24. The Balaban J connectivity index is 2.12. The number of allylic oxidation sites excluding steroid dienone is 3. The van der Waals surface area contributed by atoms with Gasteiger partial charge in [-0.1, -0.05) is 25.2 Å². The topological polar surface area (TPSA) is 105 Å². The molecule has 0 saturated heterocycles. The van der Waals surface area contributed by atoms with Crippen molar-refractivity contribution in [2.24, 2.45) is 17.8 Å². The first-order valence-corrected chi connectivity index (χ1v) is 12.1. The fourth-order valence-corrected chi connectivity index (χ4v) is 5.09. The molecule has 34 heavy (non-hydrogen) atoms. The van der Waals surface area contributed by atoms with Gasteiger partial charge in [0.15, 0.2) is 0 Å². The van der Waals surface area contributed by atoms with E-state index in [2.05, 4.69) is 25.2 Å². The second-order valence-electron chi connectivity index (χ2n) is 9.24. The van der Waals surface area contributed by atoms with Crippen molar-refractivity contribution >= 4 is 23.9 Å². The van der Waals surface area contributed by atoms with Crippen molar-refractivity contribution in [1.82, 2.24) is 0 Å². The molecule has 0 spiro atoms. The van der Waals surface area contributed by atoms with Gasteiger partial charge in [0.05, 0.1) is 6.61 Å². The van der Waals surface area contributed by atoms with Gasteiger partial charge in [-0.15, -0.1) is 0 Å². The molecule has 2 rings (SSSR count). The van der Waals surface area contributed by atoms with Crippen LogP contribution in [0.1, 0.15) is 73.1 Å². The molecule has 0 aromatic heterocycles. The minimum atomic E-state index is -0.538. The van der Waals surface area contributed by atoms with Crippen molar-refractivity contribution in [2.75, 3.05) is 6.61 Å². The van der Waals surface area contributed by atoms with Gasteiger partial charge in [0.1, 0.15) is 18.3 Å². The van der Waals surface area contributed by atoms with Crippen LogP contribution in [0.4, 0.5) is 0 Å². The van der Waals surface area contributed by atoms with Gasteiger partial charge >= 0.3 is 23.9 Å². The van der Waals surface area contributed by atoms with E-state index in [0.29, 0.717) is 19.3 Å². The summed E-state index contributed by atoms with van der Waals surface area (Å²) in [6.07, 6.45) is 9.01. The molecule has 0 radical (unpaired) electrons. The lowest BCUT2D eigenvalue weighted by atomic mass is 10.1. The maximum absolute atomic E-state index is 11.8. The zero-order valence-electron chi connectivity index (χ0n) is 20.9. The van der Waals surface area contributed by atoms with Crippen LogP contribution in [0.3, 0.4) is 0 Å². The van der Waals surface area contributed by atoms with Crippen LogP contribution in [0.25, 0.3) is 0 Å². The number of rotatable bonds is 11. The van der Waals surface area contributed by atoms with Gasteiger partial charge < -0.3 is 18.9 Å². The Labute approximate surface area is 202 Å². The summed E-state index contributed by atoms with van der Waals surface area (Å²) >= 11 is 0. The lowest BCUT2D eigenvalue weighted by Crippen LogP contribution is -2.39. The van der Waals surface area contributed by atoms with Crippen LogP contribution in [-0.2, 0) is 38.1 Å². The third-order valence-corrected chi connectivity index (χ3v) is 6.42. The van der Waals surface area contributed by atoms with Gasteiger partial charge in [-0.2, -0.15) is 0 Å². The van der Waals surface area contributed by atoms with Crippen molar-refractivity contribution in [3.8, 4) is 0 Å². The van der Waals surface area contributed by atoms with E-state index >= 15 is 0 Å². The molecule has 0 aromatic carbocycles. The monoisotopic (exact) mass is 493 g/mol. The summed E-state index contributed by atoms with van der Waals surface area (Å²) in [6, 6.07) is 0. The molecule has 0 N–H and O–H groups in total. The normalized spacial score (nSPS) is 25.3. The molecule has 6 atom stereocenters. The fraction of sp³-hybridized carbons (Fsp3) is 0.692. The molecule has 8 heteroatoms. The van der Waals surface area contributed by atoms with E-state index in [1.807, 2.05) is 0 Å². The number of hydrogen-bond donors (Lipinski definition) is 0. The van der Waals surface area contributed by atoms with E-state index in [9.17, 15) is 19.2 Å². The molecule has 2 aliphatic carbocycles. The van der Waals surface area contributed by atoms with Crippen LogP contribution in [0.2, 0.25) is 0 Å². The molecule has 0 bridgehead atoms. The van der Waals surface area contributed by atoms with E-state index in [1.54, 1.807) is 0 Å². The predicted octanol–water partition coefficient (Wildman–Crippen LogP) is 4.06. The first-order valence-electron chi connectivity index (χ1n) is 12.1. The smallest absolute Gasteiger partial charge is 0.302 e. The quantitative estimate of drug-likeness (QED) is 0.184. The second kappa shape index (κ2) is 13.3. The zero-order chi connectivity index (χ0) is 25.3. The van der Waals surface area contributed by atoms with Crippen molar-refractivity contribution in [3.05, 3.63) is 23.8 Å². The average molecular weight is 494 g/mol. The van der Waals surface area contributed by atoms with Gasteiger partial charge in [0.2, 0.25) is 0 Å². The van der Waals surface area contributed by atoms with Crippen molar-refractivity contribution in [1.29, 1.82) is 0 Å². The lowest BCUT2D eigenvalue weighted by Gasteiger charge is -2.42. The standard InChI is InChI=1S/C26H38O8/c1-16-9-10-21-7-6-8-25(34-20(5)30)26(21)24(16)12-11-22(32-18(3)28)15-23(33-19(4)29)13-14-31-17(2)27/h7,9-10,16,22-26H,6,8,11-15H2,1-5H3/t16-,22+,23-,24-,25-,26-/m0/s1/i7+1,8+1,10+1,12+1,14+1,16+1,22+1,23+1,26+1,31+2,32+2,33+2. The average Bonchev–Trinajstić information content (AvgIpc) is 2.71. The van der Waals surface area contributed by atoms with Gasteiger partial charge in [-0.25, -0.2) is 0 Å². The molecular formula is C26H38O8. The summed E-state index contributed by atoms with van der Waals surface area (Å²) in [5.41, 5.74) is 1.20. The van der Waals surface area contributed by atoms with Crippen LogP contribution in [0.5, 0.6) is 0 Å². The minimum Gasteiger partial charge on any atom is -0.466 e. The summed E-state index contributed by atoms with van der Waals surface area (Å²) in [6.45, 7) is 7.71. The molecule has 190 valence electrons. The third-order valence-electron chi connectivity index (χ3n) is 6.42. The molecule has 0 aliphatic heterocycles. The van der Waals surface area contributed by atoms with Crippen molar-refractivity contribution in [3.63, 3.8) is 0 Å². The zero-order valence-corrected chi connectivity index (χ0v) is 20.9. The molecule has 0 amide bonds. The molecule has 0 aromatic rings. The van der Waals surface area contributed by atoms with E-state index in [1.165, 1.54) is 33.3 Å². The van der Waals surface area contributed by atoms with Gasteiger partial charge in [0.25, 0.3) is 0 Å². The van der Waals surface area contributed by atoms with Crippen LogP contribution >= 0.6 is 0 Å². The van der Waals surface area contributed by atoms with E-state index in [4.69, 9.17) is 18.9 Å². The highest BCUT2D eigenvalue weighted by Crippen LogP contribution is 2.43. The Bertz CT molecular complexity index is 799. The summed E-state index contributed by atoms with van der Waals surface area (Å²) in [7, 11) is 0. The summed E-state index contributed by atoms with van der Waals surface area (Å²) in [5, 5.41) is 0.